The van der Waals surface area contributed by atoms with Gasteiger partial charge in [0.2, 0.25) is 0 Å². The molecule has 1 heterocycles. The van der Waals surface area contributed by atoms with Gasteiger partial charge in [-0.2, -0.15) is 0 Å². The van der Waals surface area contributed by atoms with Crippen LogP contribution in [0.15, 0.2) is 35.3 Å². The molecule has 3 nitrogen and oxygen atoms in total. The summed E-state index contributed by atoms with van der Waals surface area (Å²) in [7, 11) is 0. The van der Waals surface area contributed by atoms with E-state index in [0.717, 1.165) is 25.7 Å². The van der Waals surface area contributed by atoms with E-state index in [2.05, 4.69) is 31.2 Å². The van der Waals surface area contributed by atoms with E-state index in [-0.39, 0.29) is 11.5 Å². The number of ether oxygens (including phenoxy) is 1. The molecule has 1 unspecified atom stereocenters. The van der Waals surface area contributed by atoms with Gasteiger partial charge in [0.1, 0.15) is 6.61 Å². The number of hydrogen-bond acceptors (Lipinski definition) is 3. The van der Waals surface area contributed by atoms with E-state index >= 15 is 0 Å². The van der Waals surface area contributed by atoms with Gasteiger partial charge in [-0.25, -0.2) is 0 Å². The molecule has 0 radical (unpaired) electrons. The maximum Gasteiger partial charge on any atom is 0.302 e. The molecule has 2 rings (SSSR count). The first-order valence-corrected chi connectivity index (χ1v) is 6.82. The first-order chi connectivity index (χ1) is 9.07. The van der Waals surface area contributed by atoms with Crippen molar-refractivity contribution in [1.29, 1.82) is 0 Å². The molecule has 102 valence electrons. The standard InChI is InChI=1S/C16H21NO2/c1-13(18)19-12-16(2)11-10-15(17-16)9-8-14-6-4-3-5-7-14/h3-7H,8-12H2,1-2H3. The monoisotopic (exact) mass is 259 g/mol. The van der Waals surface area contributed by atoms with Crippen LogP contribution < -0.4 is 0 Å². The lowest BCUT2D eigenvalue weighted by Gasteiger charge is -2.19. The lowest BCUT2D eigenvalue weighted by Crippen LogP contribution is -2.27. The molecule has 0 amide bonds. The first-order valence-electron chi connectivity index (χ1n) is 6.82. The highest BCUT2D eigenvalue weighted by atomic mass is 16.5. The molecule has 0 bridgehead atoms. The van der Waals surface area contributed by atoms with Crippen LogP contribution in [0.25, 0.3) is 0 Å². The fraction of sp³-hybridized carbons (Fsp3) is 0.500. The van der Waals surface area contributed by atoms with Gasteiger partial charge in [-0.1, -0.05) is 30.3 Å². The van der Waals surface area contributed by atoms with Crippen LogP contribution in [0.5, 0.6) is 0 Å². The van der Waals surface area contributed by atoms with Gasteiger partial charge in [0.15, 0.2) is 0 Å². The van der Waals surface area contributed by atoms with E-state index < -0.39 is 0 Å². The van der Waals surface area contributed by atoms with Crippen molar-refractivity contribution in [3.8, 4) is 0 Å². The smallest absolute Gasteiger partial charge is 0.302 e. The molecule has 19 heavy (non-hydrogen) atoms. The summed E-state index contributed by atoms with van der Waals surface area (Å²) in [5, 5.41) is 0. The van der Waals surface area contributed by atoms with Gasteiger partial charge in [0.05, 0.1) is 5.54 Å². The third kappa shape index (κ3) is 4.19. The molecule has 0 aliphatic carbocycles. The summed E-state index contributed by atoms with van der Waals surface area (Å²) in [6.45, 7) is 3.90. The van der Waals surface area contributed by atoms with Gasteiger partial charge in [-0.3, -0.25) is 9.79 Å². The Balaban J connectivity index is 1.86. The van der Waals surface area contributed by atoms with Crippen molar-refractivity contribution < 1.29 is 9.53 Å². The average Bonchev–Trinajstić information content (AvgIpc) is 2.78. The lowest BCUT2D eigenvalue weighted by atomic mass is 10.00. The second kappa shape index (κ2) is 6.00. The minimum absolute atomic E-state index is 0.211. The Bertz CT molecular complexity index is 467. The van der Waals surface area contributed by atoms with Crippen molar-refractivity contribution in [1.82, 2.24) is 0 Å². The lowest BCUT2D eigenvalue weighted by molar-refractivity contribution is -0.142. The molecule has 1 aromatic rings. The molecule has 0 spiro atoms. The Kier molecular flexibility index (Phi) is 4.35. The molecule has 1 aliphatic rings. The number of nitrogens with zero attached hydrogens (tertiary/aromatic N) is 1. The predicted molar refractivity (Wildman–Crippen MR) is 76.5 cm³/mol. The van der Waals surface area contributed by atoms with Gasteiger partial charge >= 0.3 is 5.97 Å². The third-order valence-electron chi connectivity index (χ3n) is 3.51. The minimum atomic E-state index is -0.228. The molecule has 3 heteroatoms. The van der Waals surface area contributed by atoms with E-state index in [1.807, 2.05) is 6.07 Å². The summed E-state index contributed by atoms with van der Waals surface area (Å²) in [6, 6.07) is 10.5. The maximum atomic E-state index is 10.9. The van der Waals surface area contributed by atoms with Crippen LogP contribution in [0.2, 0.25) is 0 Å². The van der Waals surface area contributed by atoms with E-state index in [9.17, 15) is 4.79 Å². The number of hydrogen-bond donors (Lipinski definition) is 0. The molecule has 0 fully saturated rings. The van der Waals surface area contributed by atoms with E-state index in [1.54, 1.807) is 0 Å². The van der Waals surface area contributed by atoms with Crippen LogP contribution >= 0.6 is 0 Å². The van der Waals surface area contributed by atoms with Crippen LogP contribution in [-0.4, -0.2) is 23.8 Å². The zero-order valence-corrected chi connectivity index (χ0v) is 11.7. The highest BCUT2D eigenvalue weighted by molar-refractivity contribution is 5.86. The Morgan fingerprint density at radius 2 is 2.05 bits per heavy atom. The number of rotatable bonds is 5. The number of carbonyl (C=O) groups is 1. The van der Waals surface area contributed by atoms with Gasteiger partial charge < -0.3 is 4.74 Å². The molecular weight excluding hydrogens is 238 g/mol. The molecule has 0 saturated heterocycles. The normalized spacial score (nSPS) is 22.1. The maximum absolute atomic E-state index is 10.9. The van der Waals surface area contributed by atoms with Gasteiger partial charge in [-0.15, -0.1) is 0 Å². The number of carbonyl (C=O) groups excluding carboxylic acids is 1. The Morgan fingerprint density at radius 1 is 1.32 bits per heavy atom. The fourth-order valence-corrected chi connectivity index (χ4v) is 2.38. The average molecular weight is 259 g/mol. The number of benzene rings is 1. The molecule has 0 N–H and O–H groups in total. The summed E-state index contributed by atoms with van der Waals surface area (Å²) in [6.07, 6.45) is 4.03. The minimum Gasteiger partial charge on any atom is -0.463 e. The van der Waals surface area contributed by atoms with Crippen LogP contribution in [-0.2, 0) is 16.0 Å². The zero-order chi connectivity index (χ0) is 13.7. The number of aryl methyl sites for hydroxylation is 1. The highest BCUT2D eigenvalue weighted by Gasteiger charge is 2.30. The summed E-state index contributed by atoms with van der Waals surface area (Å²) >= 11 is 0. The van der Waals surface area contributed by atoms with Crippen LogP contribution in [0.3, 0.4) is 0 Å². The molecule has 0 saturated carbocycles. The van der Waals surface area contributed by atoms with E-state index in [1.165, 1.54) is 18.2 Å². The van der Waals surface area contributed by atoms with Crippen molar-refractivity contribution in [2.45, 2.75) is 45.1 Å². The van der Waals surface area contributed by atoms with Gasteiger partial charge in [0, 0.05) is 12.6 Å². The van der Waals surface area contributed by atoms with Gasteiger partial charge in [0.25, 0.3) is 0 Å². The van der Waals surface area contributed by atoms with Crippen LogP contribution in [0, 0.1) is 0 Å². The summed E-state index contributed by atoms with van der Waals surface area (Å²) < 4.78 is 5.09. The summed E-state index contributed by atoms with van der Waals surface area (Å²) in [5.74, 6) is -0.228. The van der Waals surface area contributed by atoms with E-state index in [0.29, 0.717) is 6.61 Å². The Hall–Kier alpha value is -1.64. The topological polar surface area (TPSA) is 38.7 Å². The fourth-order valence-electron chi connectivity index (χ4n) is 2.38. The molecule has 1 aromatic carbocycles. The van der Waals surface area contributed by atoms with Crippen molar-refractivity contribution in [3.63, 3.8) is 0 Å². The van der Waals surface area contributed by atoms with Crippen LogP contribution in [0.4, 0.5) is 0 Å². The third-order valence-corrected chi connectivity index (χ3v) is 3.51. The second-order valence-electron chi connectivity index (χ2n) is 5.44. The Labute approximate surface area is 114 Å². The Morgan fingerprint density at radius 3 is 2.74 bits per heavy atom. The highest BCUT2D eigenvalue weighted by Crippen LogP contribution is 2.27. The summed E-state index contributed by atoms with van der Waals surface area (Å²) in [5.41, 5.74) is 2.38. The van der Waals surface area contributed by atoms with Crippen molar-refractivity contribution in [2.24, 2.45) is 4.99 Å². The first kappa shape index (κ1) is 13.8. The second-order valence-corrected chi connectivity index (χ2v) is 5.44. The zero-order valence-electron chi connectivity index (χ0n) is 11.7. The molecule has 0 aromatic heterocycles. The number of aliphatic imine (C=N–C) groups is 1. The SMILES string of the molecule is CC(=O)OCC1(C)CCC(CCc2ccccc2)=N1. The number of esters is 1. The van der Waals surface area contributed by atoms with Crippen molar-refractivity contribution in [3.05, 3.63) is 35.9 Å². The predicted octanol–water partition coefficient (Wildman–Crippen LogP) is 3.18. The molecule has 1 atom stereocenters. The largest absolute Gasteiger partial charge is 0.463 e. The molecular formula is C16H21NO2. The molecule has 1 aliphatic heterocycles. The van der Waals surface area contributed by atoms with E-state index in [4.69, 9.17) is 9.73 Å². The van der Waals surface area contributed by atoms with Crippen LogP contribution in [0.1, 0.15) is 38.7 Å². The summed E-state index contributed by atoms with van der Waals surface area (Å²) in [4.78, 5) is 15.6. The van der Waals surface area contributed by atoms with Crippen molar-refractivity contribution >= 4 is 11.7 Å². The van der Waals surface area contributed by atoms with Gasteiger partial charge in [-0.05, 0) is 38.2 Å². The van der Waals surface area contributed by atoms with Crippen molar-refractivity contribution in [2.75, 3.05) is 6.61 Å². The quantitative estimate of drug-likeness (QED) is 0.762.